The number of carbonyl (C=O) groups is 1. The number of halogens is 3. The molecule has 0 spiro atoms. The third-order valence-corrected chi connectivity index (χ3v) is 4.94. The second-order valence-electron chi connectivity index (χ2n) is 6.99. The van der Waals surface area contributed by atoms with Crippen LogP contribution in [0.15, 0.2) is 71.4 Å². The van der Waals surface area contributed by atoms with E-state index in [0.717, 1.165) is 5.56 Å². The molecular formula is C25H18ClF2NO4. The summed E-state index contributed by atoms with van der Waals surface area (Å²) < 4.78 is 43.7. The molecule has 0 fully saturated rings. The number of cyclic esters (lactones) is 1. The van der Waals surface area contributed by atoms with Crippen LogP contribution in [0.1, 0.15) is 23.6 Å². The average Bonchev–Trinajstić information content (AvgIpc) is 3.15. The number of aliphatic imine (C=N–C) groups is 1. The van der Waals surface area contributed by atoms with E-state index in [2.05, 4.69) is 4.99 Å². The quantitative estimate of drug-likeness (QED) is 0.317. The summed E-state index contributed by atoms with van der Waals surface area (Å²) in [5.74, 6) is -1.03. The van der Waals surface area contributed by atoms with E-state index < -0.39 is 11.8 Å². The van der Waals surface area contributed by atoms with Crippen molar-refractivity contribution in [1.29, 1.82) is 0 Å². The Morgan fingerprint density at radius 1 is 1.06 bits per heavy atom. The lowest BCUT2D eigenvalue weighted by Crippen LogP contribution is -2.07. The molecule has 33 heavy (non-hydrogen) atoms. The van der Waals surface area contributed by atoms with Crippen LogP contribution in [0.2, 0.25) is 5.02 Å². The molecule has 0 aliphatic carbocycles. The average molecular weight is 470 g/mol. The zero-order valence-corrected chi connectivity index (χ0v) is 18.2. The van der Waals surface area contributed by atoms with Crippen LogP contribution in [0.25, 0.3) is 6.08 Å². The first-order chi connectivity index (χ1) is 15.9. The van der Waals surface area contributed by atoms with Gasteiger partial charge in [-0.3, -0.25) is 0 Å². The molecule has 0 bridgehead atoms. The highest BCUT2D eigenvalue weighted by atomic mass is 35.5. The van der Waals surface area contributed by atoms with Crippen LogP contribution in [-0.4, -0.2) is 18.5 Å². The maximum absolute atomic E-state index is 14.0. The summed E-state index contributed by atoms with van der Waals surface area (Å²) in [5.41, 5.74) is 1.35. The summed E-state index contributed by atoms with van der Waals surface area (Å²) in [5, 5.41) is 0.250. The lowest BCUT2D eigenvalue weighted by atomic mass is 10.1. The summed E-state index contributed by atoms with van der Waals surface area (Å²) >= 11 is 6.43. The number of hydrogen-bond donors (Lipinski definition) is 0. The second-order valence-corrected chi connectivity index (χ2v) is 7.40. The monoisotopic (exact) mass is 469 g/mol. The molecule has 4 rings (SSSR count). The van der Waals surface area contributed by atoms with Gasteiger partial charge < -0.3 is 14.2 Å². The fraction of sp³-hybridized carbons (Fsp3) is 0.120. The van der Waals surface area contributed by atoms with E-state index in [1.54, 1.807) is 30.3 Å². The molecule has 3 aromatic rings. The predicted molar refractivity (Wildman–Crippen MR) is 120 cm³/mol. The van der Waals surface area contributed by atoms with Crippen molar-refractivity contribution >= 4 is 29.5 Å². The Bertz CT molecular complexity index is 1260. The molecule has 0 saturated carbocycles. The van der Waals surface area contributed by atoms with Crippen molar-refractivity contribution in [1.82, 2.24) is 0 Å². The minimum absolute atomic E-state index is 0.00764. The van der Waals surface area contributed by atoms with Gasteiger partial charge in [-0.15, -0.1) is 0 Å². The van der Waals surface area contributed by atoms with Crippen LogP contribution >= 0.6 is 11.6 Å². The van der Waals surface area contributed by atoms with E-state index in [-0.39, 0.29) is 34.6 Å². The van der Waals surface area contributed by atoms with Crippen LogP contribution < -0.4 is 9.47 Å². The van der Waals surface area contributed by atoms with Crippen LogP contribution in [0.4, 0.5) is 8.78 Å². The Labute approximate surface area is 193 Å². The van der Waals surface area contributed by atoms with Crippen molar-refractivity contribution in [2.45, 2.75) is 13.5 Å². The van der Waals surface area contributed by atoms with E-state index in [0.29, 0.717) is 23.7 Å². The molecule has 0 aromatic heterocycles. The SMILES string of the molecule is CCOc1cc(/C=C2/N=C(c3ccccc3F)OC2=O)cc(Cl)c1OCc1ccc(F)cc1. The van der Waals surface area contributed by atoms with Crippen molar-refractivity contribution in [3.05, 3.63) is 99.7 Å². The lowest BCUT2D eigenvalue weighted by Gasteiger charge is -2.14. The normalized spacial score (nSPS) is 14.2. The summed E-state index contributed by atoms with van der Waals surface area (Å²) in [7, 11) is 0. The van der Waals surface area contributed by atoms with Crippen LogP contribution in [-0.2, 0) is 16.1 Å². The van der Waals surface area contributed by atoms with Crippen LogP contribution in [0.3, 0.4) is 0 Å². The van der Waals surface area contributed by atoms with Crippen molar-refractivity contribution in [3.8, 4) is 11.5 Å². The molecule has 1 aliphatic heterocycles. The Balaban J connectivity index is 1.61. The standard InChI is InChI=1S/C25H18ClF2NO4/c1-2-31-22-13-16(11-19(26)23(22)32-14-15-7-9-17(27)10-8-15)12-21-25(30)33-24(29-21)18-5-3-4-6-20(18)28/h3-13H,2,14H2,1H3/b21-12+. The summed E-state index contributed by atoms with van der Waals surface area (Å²) in [6.45, 7) is 2.31. The van der Waals surface area contributed by atoms with Crippen molar-refractivity contribution in [3.63, 3.8) is 0 Å². The van der Waals surface area contributed by atoms with Gasteiger partial charge in [0.1, 0.15) is 18.2 Å². The van der Waals surface area contributed by atoms with Gasteiger partial charge in [0.15, 0.2) is 17.2 Å². The zero-order chi connectivity index (χ0) is 23.4. The molecule has 3 aromatic carbocycles. The molecule has 8 heteroatoms. The fourth-order valence-electron chi connectivity index (χ4n) is 3.13. The van der Waals surface area contributed by atoms with Crippen molar-refractivity contribution in [2.24, 2.45) is 4.99 Å². The minimum atomic E-state index is -0.709. The number of hydrogen-bond acceptors (Lipinski definition) is 5. The Kier molecular flexibility index (Phi) is 6.70. The van der Waals surface area contributed by atoms with Gasteiger partial charge in [0.2, 0.25) is 5.90 Å². The first kappa shape index (κ1) is 22.5. The van der Waals surface area contributed by atoms with Gasteiger partial charge in [0.05, 0.1) is 17.2 Å². The molecule has 0 radical (unpaired) electrons. The highest BCUT2D eigenvalue weighted by Crippen LogP contribution is 2.38. The smallest absolute Gasteiger partial charge is 0.363 e. The number of ether oxygens (including phenoxy) is 3. The zero-order valence-electron chi connectivity index (χ0n) is 17.5. The molecule has 5 nitrogen and oxygen atoms in total. The molecule has 0 N–H and O–H groups in total. The number of nitrogens with zero attached hydrogens (tertiary/aromatic N) is 1. The third-order valence-electron chi connectivity index (χ3n) is 4.66. The molecular weight excluding hydrogens is 452 g/mol. The fourth-order valence-corrected chi connectivity index (χ4v) is 3.40. The number of rotatable bonds is 7. The van der Waals surface area contributed by atoms with Gasteiger partial charge >= 0.3 is 5.97 Å². The number of esters is 1. The van der Waals surface area contributed by atoms with Gasteiger partial charge in [-0.1, -0.05) is 35.9 Å². The van der Waals surface area contributed by atoms with Crippen LogP contribution in [0.5, 0.6) is 11.5 Å². The molecule has 0 saturated heterocycles. The van der Waals surface area contributed by atoms with Crippen molar-refractivity contribution < 1.29 is 27.8 Å². The molecule has 1 aliphatic rings. The van der Waals surface area contributed by atoms with E-state index in [1.807, 2.05) is 6.92 Å². The summed E-state index contributed by atoms with van der Waals surface area (Å²) in [6.07, 6.45) is 1.47. The summed E-state index contributed by atoms with van der Waals surface area (Å²) in [4.78, 5) is 16.4. The number of benzene rings is 3. The van der Waals surface area contributed by atoms with E-state index in [4.69, 9.17) is 25.8 Å². The highest BCUT2D eigenvalue weighted by molar-refractivity contribution is 6.32. The highest BCUT2D eigenvalue weighted by Gasteiger charge is 2.26. The molecule has 168 valence electrons. The number of carbonyl (C=O) groups excluding carboxylic acids is 1. The second kappa shape index (κ2) is 9.83. The topological polar surface area (TPSA) is 57.1 Å². The lowest BCUT2D eigenvalue weighted by molar-refractivity contribution is -0.129. The first-order valence-electron chi connectivity index (χ1n) is 10.1. The molecule has 0 amide bonds. The van der Waals surface area contributed by atoms with Gasteiger partial charge in [-0.05, 0) is 60.5 Å². The third kappa shape index (κ3) is 5.21. The molecule has 0 unspecified atom stereocenters. The van der Waals surface area contributed by atoms with Gasteiger partial charge in [0.25, 0.3) is 0 Å². The van der Waals surface area contributed by atoms with E-state index in [1.165, 1.54) is 36.4 Å². The maximum atomic E-state index is 14.0. The Hall–Kier alpha value is -3.71. The van der Waals surface area contributed by atoms with E-state index >= 15 is 0 Å². The molecule has 1 heterocycles. The van der Waals surface area contributed by atoms with E-state index in [9.17, 15) is 13.6 Å². The Morgan fingerprint density at radius 3 is 2.55 bits per heavy atom. The Morgan fingerprint density at radius 2 is 1.82 bits per heavy atom. The van der Waals surface area contributed by atoms with Crippen molar-refractivity contribution in [2.75, 3.05) is 6.61 Å². The largest absolute Gasteiger partial charge is 0.490 e. The minimum Gasteiger partial charge on any atom is -0.490 e. The van der Waals surface area contributed by atoms with Gasteiger partial charge in [0, 0.05) is 0 Å². The maximum Gasteiger partial charge on any atom is 0.363 e. The molecule has 0 atom stereocenters. The first-order valence-corrected chi connectivity index (χ1v) is 10.4. The predicted octanol–water partition coefficient (Wildman–Crippen LogP) is 5.94. The van der Waals surface area contributed by atoms with Crippen LogP contribution in [0, 0.1) is 11.6 Å². The summed E-state index contributed by atoms with van der Waals surface area (Å²) in [6, 6.07) is 15.0. The van der Waals surface area contributed by atoms with Gasteiger partial charge in [-0.2, -0.15) is 0 Å². The van der Waals surface area contributed by atoms with Gasteiger partial charge in [-0.25, -0.2) is 18.6 Å².